The monoisotopic (exact) mass is 321 g/mol. The van der Waals surface area contributed by atoms with Gasteiger partial charge in [-0.3, -0.25) is 0 Å². The molecule has 0 aromatic carbocycles. The smallest absolute Gasteiger partial charge is 0.0462 e. The van der Waals surface area contributed by atoms with Gasteiger partial charge in [0.25, 0.3) is 0 Å². The minimum atomic E-state index is 0.355. The van der Waals surface area contributed by atoms with Crippen LogP contribution < -0.4 is 5.32 Å². The first kappa shape index (κ1) is 15.2. The van der Waals surface area contributed by atoms with Crippen LogP contribution in [0.3, 0.4) is 0 Å². The van der Waals surface area contributed by atoms with Crippen molar-refractivity contribution in [1.82, 2.24) is 5.32 Å². The number of thiophene rings is 2. The zero-order valence-corrected chi connectivity index (χ0v) is 13.9. The Kier molecular flexibility index (Phi) is 5.47. The lowest BCUT2D eigenvalue weighted by Gasteiger charge is -2.30. The van der Waals surface area contributed by atoms with E-state index in [1.807, 2.05) is 11.3 Å². The second-order valence-corrected chi connectivity index (χ2v) is 7.84. The van der Waals surface area contributed by atoms with Crippen molar-refractivity contribution in [2.24, 2.45) is 11.8 Å². The van der Waals surface area contributed by atoms with Gasteiger partial charge in [-0.1, -0.05) is 18.9 Å². The van der Waals surface area contributed by atoms with E-state index < -0.39 is 0 Å². The molecule has 1 saturated carbocycles. The van der Waals surface area contributed by atoms with Crippen LogP contribution in [0.25, 0.3) is 10.4 Å². The zero-order valence-electron chi connectivity index (χ0n) is 12.3. The molecule has 0 spiro atoms. The van der Waals surface area contributed by atoms with E-state index in [2.05, 4.69) is 34.3 Å². The standard InChI is InChI=1S/C17H23NOS2/c19-11-14-5-2-1-4-13(14)9-18-10-16-8-15(12-21-16)17-6-3-7-20-17/h3,6-8,12-14,18-19H,1-2,4-5,9-11H2. The van der Waals surface area contributed by atoms with Gasteiger partial charge < -0.3 is 10.4 Å². The second kappa shape index (κ2) is 7.54. The average Bonchev–Trinajstić information content (AvgIpc) is 3.18. The van der Waals surface area contributed by atoms with E-state index in [1.165, 1.54) is 41.0 Å². The molecule has 1 fully saturated rings. The zero-order chi connectivity index (χ0) is 14.5. The highest BCUT2D eigenvalue weighted by Gasteiger charge is 2.23. The molecule has 2 heterocycles. The minimum Gasteiger partial charge on any atom is -0.396 e. The molecule has 1 aliphatic carbocycles. The summed E-state index contributed by atoms with van der Waals surface area (Å²) >= 11 is 3.63. The van der Waals surface area contributed by atoms with Crippen LogP contribution in [0.15, 0.2) is 29.0 Å². The van der Waals surface area contributed by atoms with E-state index in [0.29, 0.717) is 18.4 Å². The largest absolute Gasteiger partial charge is 0.396 e. The summed E-state index contributed by atoms with van der Waals surface area (Å²) in [5.41, 5.74) is 1.35. The fourth-order valence-corrected chi connectivity index (χ4v) is 4.86. The van der Waals surface area contributed by atoms with E-state index in [4.69, 9.17) is 0 Å². The van der Waals surface area contributed by atoms with Crippen molar-refractivity contribution in [1.29, 1.82) is 0 Å². The molecule has 2 N–H and O–H groups in total. The van der Waals surface area contributed by atoms with Gasteiger partial charge in [-0.15, -0.1) is 22.7 Å². The van der Waals surface area contributed by atoms with Gasteiger partial charge >= 0.3 is 0 Å². The predicted octanol–water partition coefficient (Wildman–Crippen LogP) is 4.36. The van der Waals surface area contributed by atoms with Crippen molar-refractivity contribution in [3.63, 3.8) is 0 Å². The SMILES string of the molecule is OCC1CCCCC1CNCc1cc(-c2cccs2)cs1. The average molecular weight is 322 g/mol. The number of hydrogen-bond acceptors (Lipinski definition) is 4. The van der Waals surface area contributed by atoms with E-state index in [-0.39, 0.29) is 0 Å². The molecule has 1 aliphatic rings. The van der Waals surface area contributed by atoms with Crippen LogP contribution in [0, 0.1) is 11.8 Å². The van der Waals surface area contributed by atoms with Gasteiger partial charge in [0.2, 0.25) is 0 Å². The molecule has 114 valence electrons. The molecule has 0 saturated heterocycles. The van der Waals surface area contributed by atoms with Crippen molar-refractivity contribution in [2.45, 2.75) is 32.2 Å². The van der Waals surface area contributed by atoms with Crippen molar-refractivity contribution in [3.8, 4) is 10.4 Å². The summed E-state index contributed by atoms with van der Waals surface area (Å²) in [7, 11) is 0. The summed E-state index contributed by atoms with van der Waals surface area (Å²) in [6, 6.07) is 6.58. The summed E-state index contributed by atoms with van der Waals surface area (Å²) < 4.78 is 0. The number of nitrogens with one attached hydrogen (secondary N) is 1. The fraction of sp³-hybridized carbons (Fsp3) is 0.529. The molecule has 2 aromatic heterocycles. The Morgan fingerprint density at radius 3 is 2.81 bits per heavy atom. The second-order valence-electron chi connectivity index (χ2n) is 5.90. The Morgan fingerprint density at radius 2 is 2.05 bits per heavy atom. The Morgan fingerprint density at radius 1 is 1.19 bits per heavy atom. The van der Waals surface area contributed by atoms with Crippen molar-refractivity contribution in [3.05, 3.63) is 33.8 Å². The number of hydrogen-bond donors (Lipinski definition) is 2. The normalized spacial score (nSPS) is 22.5. The molecule has 2 unspecified atom stereocenters. The van der Waals surface area contributed by atoms with Crippen molar-refractivity contribution in [2.75, 3.05) is 13.2 Å². The predicted molar refractivity (Wildman–Crippen MR) is 91.9 cm³/mol. The molecule has 0 bridgehead atoms. The molecular formula is C17H23NOS2. The lowest BCUT2D eigenvalue weighted by atomic mass is 9.79. The summed E-state index contributed by atoms with van der Waals surface area (Å²) in [5, 5.41) is 17.4. The fourth-order valence-electron chi connectivity index (χ4n) is 3.22. The molecular weight excluding hydrogens is 298 g/mol. The highest BCUT2D eigenvalue weighted by Crippen LogP contribution is 2.30. The van der Waals surface area contributed by atoms with Crippen molar-refractivity contribution < 1.29 is 5.11 Å². The quantitative estimate of drug-likeness (QED) is 0.828. The number of aliphatic hydroxyl groups is 1. The Hall–Kier alpha value is -0.680. The maximum absolute atomic E-state index is 9.46. The highest BCUT2D eigenvalue weighted by atomic mass is 32.1. The molecule has 0 radical (unpaired) electrons. The lowest BCUT2D eigenvalue weighted by Crippen LogP contribution is -2.32. The summed E-state index contributed by atoms with van der Waals surface area (Å²) in [4.78, 5) is 2.75. The maximum atomic E-state index is 9.46. The first-order valence-electron chi connectivity index (χ1n) is 7.79. The van der Waals surface area contributed by atoms with Crippen LogP contribution >= 0.6 is 22.7 Å². The minimum absolute atomic E-state index is 0.355. The van der Waals surface area contributed by atoms with Gasteiger partial charge in [0.15, 0.2) is 0 Å². The summed E-state index contributed by atoms with van der Waals surface area (Å²) in [6.07, 6.45) is 5.08. The number of rotatable bonds is 6. The molecule has 2 atom stereocenters. The summed E-state index contributed by atoms with van der Waals surface area (Å²) in [5.74, 6) is 1.16. The van der Waals surface area contributed by atoms with Crippen molar-refractivity contribution >= 4 is 22.7 Å². The Balaban J connectivity index is 1.49. The van der Waals surface area contributed by atoms with Gasteiger partial charge in [0, 0.05) is 28.5 Å². The first-order valence-corrected chi connectivity index (χ1v) is 9.55. The van der Waals surface area contributed by atoms with Crippen LogP contribution in [-0.2, 0) is 6.54 Å². The van der Waals surface area contributed by atoms with Crippen LogP contribution in [-0.4, -0.2) is 18.3 Å². The molecule has 0 amide bonds. The molecule has 4 heteroatoms. The van der Waals surface area contributed by atoms with E-state index in [1.54, 1.807) is 11.3 Å². The van der Waals surface area contributed by atoms with Gasteiger partial charge in [-0.25, -0.2) is 0 Å². The van der Waals surface area contributed by atoms with E-state index in [0.717, 1.165) is 13.1 Å². The lowest BCUT2D eigenvalue weighted by molar-refractivity contribution is 0.133. The van der Waals surface area contributed by atoms with Gasteiger partial charge in [-0.05, 0) is 54.1 Å². The molecule has 0 aliphatic heterocycles. The van der Waals surface area contributed by atoms with Gasteiger partial charge in [0.1, 0.15) is 0 Å². The first-order chi connectivity index (χ1) is 10.4. The van der Waals surface area contributed by atoms with Gasteiger partial charge in [0.05, 0.1) is 0 Å². The number of aliphatic hydroxyl groups excluding tert-OH is 1. The maximum Gasteiger partial charge on any atom is 0.0462 e. The molecule has 2 aromatic rings. The van der Waals surface area contributed by atoms with Crippen LogP contribution in [0.1, 0.15) is 30.6 Å². The van der Waals surface area contributed by atoms with Gasteiger partial charge in [-0.2, -0.15) is 0 Å². The Bertz CT molecular complexity index is 535. The molecule has 3 rings (SSSR count). The molecule has 2 nitrogen and oxygen atoms in total. The third-order valence-electron chi connectivity index (χ3n) is 4.47. The third kappa shape index (κ3) is 3.95. The molecule has 21 heavy (non-hydrogen) atoms. The topological polar surface area (TPSA) is 32.3 Å². The van der Waals surface area contributed by atoms with Crippen LogP contribution in [0.4, 0.5) is 0 Å². The van der Waals surface area contributed by atoms with E-state index in [9.17, 15) is 5.11 Å². The third-order valence-corrected chi connectivity index (χ3v) is 6.32. The van der Waals surface area contributed by atoms with Crippen LogP contribution in [0.5, 0.6) is 0 Å². The summed E-state index contributed by atoms with van der Waals surface area (Å²) in [6.45, 7) is 2.34. The van der Waals surface area contributed by atoms with E-state index >= 15 is 0 Å². The van der Waals surface area contributed by atoms with Crippen LogP contribution in [0.2, 0.25) is 0 Å². The Labute approximate surface area is 134 Å². The highest BCUT2D eigenvalue weighted by molar-refractivity contribution is 7.14.